The van der Waals surface area contributed by atoms with Crippen LogP contribution in [0.4, 0.5) is 0 Å². The maximum atomic E-state index is 5.38. The van der Waals surface area contributed by atoms with E-state index in [9.17, 15) is 0 Å². The van der Waals surface area contributed by atoms with E-state index in [4.69, 9.17) is 4.74 Å². The molecule has 0 aliphatic carbocycles. The van der Waals surface area contributed by atoms with Gasteiger partial charge in [-0.15, -0.1) is 5.92 Å². The maximum absolute atomic E-state index is 5.38. The van der Waals surface area contributed by atoms with Gasteiger partial charge in [0.2, 0.25) is 0 Å². The minimum Gasteiger partial charge on any atom is -0.367 e. The third-order valence-corrected chi connectivity index (χ3v) is 2.08. The van der Waals surface area contributed by atoms with Gasteiger partial charge in [-0.2, -0.15) is 0 Å². The standard InChI is InChI=1S/C10H17NO/c1-2-3-8-12-9-10-6-4-5-7-11-10/h10-11H,4-9H2,1H3. The normalized spacial score (nSPS) is 22.9. The molecule has 0 aromatic heterocycles. The summed E-state index contributed by atoms with van der Waals surface area (Å²) in [7, 11) is 0. The second kappa shape index (κ2) is 6.05. The maximum Gasteiger partial charge on any atom is 0.107 e. The Morgan fingerprint density at radius 2 is 2.42 bits per heavy atom. The third kappa shape index (κ3) is 3.75. The number of piperidine rings is 1. The number of ether oxygens (including phenoxy) is 1. The van der Waals surface area contributed by atoms with Gasteiger partial charge >= 0.3 is 0 Å². The summed E-state index contributed by atoms with van der Waals surface area (Å²) in [5.74, 6) is 5.70. The van der Waals surface area contributed by atoms with Crippen molar-refractivity contribution in [3.63, 3.8) is 0 Å². The van der Waals surface area contributed by atoms with Gasteiger partial charge in [-0.3, -0.25) is 0 Å². The van der Waals surface area contributed by atoms with Crippen LogP contribution in [0.1, 0.15) is 26.2 Å². The average molecular weight is 167 g/mol. The summed E-state index contributed by atoms with van der Waals surface area (Å²) in [4.78, 5) is 0. The molecule has 1 heterocycles. The molecule has 68 valence electrons. The van der Waals surface area contributed by atoms with Crippen molar-refractivity contribution in [3.8, 4) is 11.8 Å². The van der Waals surface area contributed by atoms with E-state index in [0.717, 1.165) is 13.2 Å². The summed E-state index contributed by atoms with van der Waals surface area (Å²) >= 11 is 0. The van der Waals surface area contributed by atoms with Crippen LogP contribution in [0.2, 0.25) is 0 Å². The van der Waals surface area contributed by atoms with E-state index >= 15 is 0 Å². The first-order valence-electron chi connectivity index (χ1n) is 4.64. The lowest BCUT2D eigenvalue weighted by atomic mass is 10.1. The molecule has 0 aromatic rings. The van der Waals surface area contributed by atoms with Crippen LogP contribution in [0.25, 0.3) is 0 Å². The van der Waals surface area contributed by atoms with Crippen LogP contribution >= 0.6 is 0 Å². The van der Waals surface area contributed by atoms with Gasteiger partial charge in [-0.05, 0) is 26.3 Å². The number of rotatable bonds is 3. The fourth-order valence-corrected chi connectivity index (χ4v) is 1.39. The molecule has 0 saturated carbocycles. The van der Waals surface area contributed by atoms with Crippen LogP contribution in [0, 0.1) is 11.8 Å². The van der Waals surface area contributed by atoms with Crippen molar-refractivity contribution >= 4 is 0 Å². The van der Waals surface area contributed by atoms with Crippen molar-refractivity contribution in [2.45, 2.75) is 32.2 Å². The Morgan fingerprint density at radius 1 is 1.50 bits per heavy atom. The van der Waals surface area contributed by atoms with Gasteiger partial charge in [0.1, 0.15) is 6.61 Å². The SMILES string of the molecule is CC#CCOCC1CCCCN1. The zero-order valence-electron chi connectivity index (χ0n) is 7.73. The van der Waals surface area contributed by atoms with Gasteiger partial charge in [0.15, 0.2) is 0 Å². The second-order valence-corrected chi connectivity index (χ2v) is 3.09. The van der Waals surface area contributed by atoms with E-state index in [1.807, 2.05) is 6.92 Å². The summed E-state index contributed by atoms with van der Waals surface area (Å²) in [6, 6.07) is 0.567. The summed E-state index contributed by atoms with van der Waals surface area (Å²) in [6.07, 6.45) is 3.89. The molecular formula is C10H17NO. The summed E-state index contributed by atoms with van der Waals surface area (Å²) in [5, 5.41) is 3.42. The smallest absolute Gasteiger partial charge is 0.107 e. The van der Waals surface area contributed by atoms with E-state index in [2.05, 4.69) is 17.2 Å². The van der Waals surface area contributed by atoms with Crippen LogP contribution in [-0.2, 0) is 4.74 Å². The van der Waals surface area contributed by atoms with Crippen molar-refractivity contribution in [1.82, 2.24) is 5.32 Å². The highest BCUT2D eigenvalue weighted by molar-refractivity contribution is 4.94. The molecule has 1 N–H and O–H groups in total. The molecule has 0 radical (unpaired) electrons. The minimum absolute atomic E-state index is 0.567. The molecule has 0 aromatic carbocycles. The molecule has 0 amide bonds. The Labute approximate surface area is 74.7 Å². The molecule has 1 rings (SSSR count). The van der Waals surface area contributed by atoms with Crippen molar-refractivity contribution in [2.75, 3.05) is 19.8 Å². The highest BCUT2D eigenvalue weighted by atomic mass is 16.5. The Morgan fingerprint density at radius 3 is 3.08 bits per heavy atom. The van der Waals surface area contributed by atoms with Crippen molar-refractivity contribution in [3.05, 3.63) is 0 Å². The lowest BCUT2D eigenvalue weighted by Crippen LogP contribution is -2.37. The molecule has 1 aliphatic heterocycles. The molecular weight excluding hydrogens is 150 g/mol. The Hall–Kier alpha value is -0.520. The topological polar surface area (TPSA) is 21.3 Å². The fraction of sp³-hybridized carbons (Fsp3) is 0.800. The summed E-state index contributed by atoms with van der Waals surface area (Å²) in [6.45, 7) is 4.37. The molecule has 1 aliphatic rings. The van der Waals surface area contributed by atoms with Gasteiger partial charge in [-0.25, -0.2) is 0 Å². The highest BCUT2D eigenvalue weighted by Crippen LogP contribution is 2.06. The minimum atomic E-state index is 0.567. The van der Waals surface area contributed by atoms with Crippen molar-refractivity contribution in [1.29, 1.82) is 0 Å². The van der Waals surface area contributed by atoms with Gasteiger partial charge < -0.3 is 10.1 Å². The zero-order chi connectivity index (χ0) is 8.65. The zero-order valence-corrected chi connectivity index (χ0v) is 7.73. The van der Waals surface area contributed by atoms with E-state index in [-0.39, 0.29) is 0 Å². The number of hydrogen-bond donors (Lipinski definition) is 1. The number of nitrogens with one attached hydrogen (secondary N) is 1. The molecule has 2 nitrogen and oxygen atoms in total. The highest BCUT2D eigenvalue weighted by Gasteiger charge is 2.11. The van der Waals surface area contributed by atoms with Crippen LogP contribution in [0.5, 0.6) is 0 Å². The Balaban J connectivity index is 2.00. The molecule has 1 atom stereocenters. The molecule has 1 unspecified atom stereocenters. The lowest BCUT2D eigenvalue weighted by molar-refractivity contribution is 0.129. The van der Waals surface area contributed by atoms with Crippen molar-refractivity contribution in [2.24, 2.45) is 0 Å². The van der Waals surface area contributed by atoms with E-state index in [0.29, 0.717) is 12.6 Å². The van der Waals surface area contributed by atoms with Crippen LogP contribution in [-0.4, -0.2) is 25.8 Å². The molecule has 1 saturated heterocycles. The van der Waals surface area contributed by atoms with Gasteiger partial charge in [0.05, 0.1) is 6.61 Å². The first-order valence-corrected chi connectivity index (χ1v) is 4.64. The lowest BCUT2D eigenvalue weighted by Gasteiger charge is -2.22. The quantitative estimate of drug-likeness (QED) is 0.503. The molecule has 2 heteroatoms. The fourth-order valence-electron chi connectivity index (χ4n) is 1.39. The predicted octanol–water partition coefficient (Wildman–Crippen LogP) is 1.17. The van der Waals surface area contributed by atoms with Gasteiger partial charge in [0.25, 0.3) is 0 Å². The molecule has 12 heavy (non-hydrogen) atoms. The third-order valence-electron chi connectivity index (χ3n) is 2.08. The molecule has 0 spiro atoms. The van der Waals surface area contributed by atoms with Crippen LogP contribution < -0.4 is 5.32 Å². The van der Waals surface area contributed by atoms with E-state index < -0.39 is 0 Å². The molecule has 0 bridgehead atoms. The first kappa shape index (κ1) is 9.57. The Bertz CT molecular complexity index is 162. The Kier molecular flexibility index (Phi) is 4.82. The van der Waals surface area contributed by atoms with Gasteiger partial charge in [-0.1, -0.05) is 12.3 Å². The predicted molar refractivity (Wildman–Crippen MR) is 49.9 cm³/mol. The van der Waals surface area contributed by atoms with Crippen LogP contribution in [0.15, 0.2) is 0 Å². The largest absolute Gasteiger partial charge is 0.367 e. The van der Waals surface area contributed by atoms with E-state index in [1.54, 1.807) is 0 Å². The summed E-state index contributed by atoms with van der Waals surface area (Å²) in [5.41, 5.74) is 0. The second-order valence-electron chi connectivity index (χ2n) is 3.09. The van der Waals surface area contributed by atoms with Crippen molar-refractivity contribution < 1.29 is 4.74 Å². The monoisotopic (exact) mass is 167 g/mol. The van der Waals surface area contributed by atoms with E-state index in [1.165, 1.54) is 19.3 Å². The number of hydrogen-bond acceptors (Lipinski definition) is 2. The summed E-state index contributed by atoms with van der Waals surface area (Å²) < 4.78 is 5.38. The van der Waals surface area contributed by atoms with Gasteiger partial charge in [0, 0.05) is 6.04 Å². The first-order chi connectivity index (χ1) is 5.93. The van der Waals surface area contributed by atoms with Crippen LogP contribution in [0.3, 0.4) is 0 Å². The average Bonchev–Trinajstić information content (AvgIpc) is 2.14. The molecule has 1 fully saturated rings.